The van der Waals surface area contributed by atoms with Gasteiger partial charge in [-0.1, -0.05) is 6.07 Å². The molecule has 2 aromatic carbocycles. The van der Waals surface area contributed by atoms with Crippen molar-refractivity contribution in [3.05, 3.63) is 61.3 Å². The number of ether oxygens (including phenoxy) is 2. The predicted octanol–water partition coefficient (Wildman–Crippen LogP) is 3.68. The van der Waals surface area contributed by atoms with Gasteiger partial charge in [0.1, 0.15) is 30.0 Å². The van der Waals surface area contributed by atoms with Gasteiger partial charge in [-0.05, 0) is 41.5 Å². The number of aromatic nitrogens is 5. The summed E-state index contributed by atoms with van der Waals surface area (Å²) >= 11 is 0. The van der Waals surface area contributed by atoms with E-state index in [1.54, 1.807) is 30.9 Å². The normalized spacial score (nSPS) is 11.0. The number of rotatable bonds is 5. The summed E-state index contributed by atoms with van der Waals surface area (Å²) in [4.78, 5) is 13.0. The summed E-state index contributed by atoms with van der Waals surface area (Å²) in [6.07, 6.45) is 4.90. The molecule has 154 valence electrons. The number of nitrogen functional groups attached to an aromatic ring is 1. The summed E-state index contributed by atoms with van der Waals surface area (Å²) in [6, 6.07) is 13.5. The Labute approximate surface area is 177 Å². The van der Waals surface area contributed by atoms with Crippen LogP contribution in [0.25, 0.3) is 27.7 Å². The Hall–Kier alpha value is -4.40. The van der Waals surface area contributed by atoms with Crippen LogP contribution < -0.4 is 20.5 Å². The molecule has 0 aliphatic heterocycles. The molecular weight excluding hydrogens is 394 g/mol. The molecule has 0 amide bonds. The van der Waals surface area contributed by atoms with Gasteiger partial charge in [0.25, 0.3) is 0 Å². The number of benzene rings is 2. The van der Waals surface area contributed by atoms with Crippen molar-refractivity contribution in [2.45, 2.75) is 0 Å². The Morgan fingerprint density at radius 2 is 1.71 bits per heavy atom. The minimum absolute atomic E-state index is 0.509. The van der Waals surface area contributed by atoms with Gasteiger partial charge >= 0.3 is 0 Å². The molecule has 0 saturated heterocycles. The quantitative estimate of drug-likeness (QED) is 0.420. The predicted molar refractivity (Wildman–Crippen MR) is 119 cm³/mol. The number of methoxy groups -OCH3 is 2. The Bertz CT molecular complexity index is 1410. The summed E-state index contributed by atoms with van der Waals surface area (Å²) in [5.74, 6) is 1.86. The molecular formula is C22H19N7O2. The molecule has 0 atom stereocenters. The third kappa shape index (κ3) is 3.31. The van der Waals surface area contributed by atoms with Crippen LogP contribution in [0.1, 0.15) is 0 Å². The van der Waals surface area contributed by atoms with Crippen LogP contribution >= 0.6 is 0 Å². The van der Waals surface area contributed by atoms with Gasteiger partial charge in [0, 0.05) is 17.6 Å². The second-order valence-corrected chi connectivity index (χ2v) is 6.85. The molecule has 0 unspecified atom stereocenters. The number of pyridine rings is 1. The van der Waals surface area contributed by atoms with Crippen LogP contribution in [-0.2, 0) is 0 Å². The first-order chi connectivity index (χ1) is 15.2. The molecule has 9 heteroatoms. The largest absolute Gasteiger partial charge is 0.495 e. The first kappa shape index (κ1) is 18.6. The number of nitrogens with one attached hydrogen (secondary N) is 1. The highest BCUT2D eigenvalue weighted by Crippen LogP contribution is 2.35. The van der Waals surface area contributed by atoms with E-state index in [-0.39, 0.29) is 0 Å². The number of hydrogen-bond donors (Lipinski definition) is 2. The molecule has 0 radical (unpaired) electrons. The van der Waals surface area contributed by atoms with Crippen LogP contribution in [0.4, 0.5) is 17.2 Å². The van der Waals surface area contributed by atoms with E-state index in [0.717, 1.165) is 33.4 Å². The van der Waals surface area contributed by atoms with E-state index in [1.807, 2.05) is 36.5 Å². The summed E-state index contributed by atoms with van der Waals surface area (Å²) in [6.45, 7) is 0. The van der Waals surface area contributed by atoms with Crippen molar-refractivity contribution in [1.82, 2.24) is 24.6 Å². The monoisotopic (exact) mass is 413 g/mol. The van der Waals surface area contributed by atoms with Crippen molar-refractivity contribution in [3.8, 4) is 22.6 Å². The van der Waals surface area contributed by atoms with Gasteiger partial charge in [-0.3, -0.25) is 0 Å². The molecule has 3 heterocycles. The van der Waals surface area contributed by atoms with Gasteiger partial charge in [0.05, 0.1) is 31.1 Å². The first-order valence-electron chi connectivity index (χ1n) is 9.49. The summed E-state index contributed by atoms with van der Waals surface area (Å²) in [7, 11) is 3.20. The van der Waals surface area contributed by atoms with E-state index >= 15 is 0 Å². The van der Waals surface area contributed by atoms with Gasteiger partial charge in [-0.2, -0.15) is 5.10 Å². The van der Waals surface area contributed by atoms with Crippen LogP contribution in [0, 0.1) is 0 Å². The third-order valence-corrected chi connectivity index (χ3v) is 5.05. The zero-order chi connectivity index (χ0) is 21.4. The highest BCUT2D eigenvalue weighted by atomic mass is 16.5. The molecule has 0 spiro atoms. The first-order valence-corrected chi connectivity index (χ1v) is 9.49. The van der Waals surface area contributed by atoms with E-state index in [1.165, 1.54) is 12.7 Å². The van der Waals surface area contributed by atoms with E-state index in [4.69, 9.17) is 15.2 Å². The number of anilines is 3. The molecule has 5 aromatic rings. The van der Waals surface area contributed by atoms with Crippen LogP contribution in [0.2, 0.25) is 0 Å². The second-order valence-electron chi connectivity index (χ2n) is 6.85. The lowest BCUT2D eigenvalue weighted by atomic mass is 10.1. The van der Waals surface area contributed by atoms with Crippen molar-refractivity contribution in [3.63, 3.8) is 0 Å². The van der Waals surface area contributed by atoms with Crippen molar-refractivity contribution in [2.75, 3.05) is 25.3 Å². The standard InChI is InChI=1S/C22H19N7O2/c1-30-19-4-3-13(14-5-6-29-21(8-14)25-12-27-29)7-18(19)28-22-15-9-16(23)20(31-2)10-17(15)24-11-26-22/h3-12H,23H2,1-2H3,(H,24,26,28). The minimum atomic E-state index is 0.509. The topological polar surface area (TPSA) is 112 Å². The fourth-order valence-corrected chi connectivity index (χ4v) is 3.48. The van der Waals surface area contributed by atoms with Crippen molar-refractivity contribution >= 4 is 33.7 Å². The van der Waals surface area contributed by atoms with E-state index in [2.05, 4.69) is 25.4 Å². The van der Waals surface area contributed by atoms with E-state index in [0.29, 0.717) is 23.0 Å². The van der Waals surface area contributed by atoms with Gasteiger partial charge in [-0.25, -0.2) is 19.5 Å². The van der Waals surface area contributed by atoms with Gasteiger partial charge in [-0.15, -0.1) is 0 Å². The van der Waals surface area contributed by atoms with E-state index in [9.17, 15) is 0 Å². The lowest BCUT2D eigenvalue weighted by molar-refractivity contribution is 0.417. The number of nitrogens with two attached hydrogens (primary N) is 1. The SMILES string of the molecule is COc1cc2ncnc(Nc3cc(-c4ccn5ncnc5c4)ccc3OC)c2cc1N. The molecule has 0 bridgehead atoms. The smallest absolute Gasteiger partial charge is 0.155 e. The van der Waals surface area contributed by atoms with E-state index < -0.39 is 0 Å². The maximum Gasteiger partial charge on any atom is 0.155 e. The molecule has 0 fully saturated rings. The minimum Gasteiger partial charge on any atom is -0.495 e. The average Bonchev–Trinajstić information content (AvgIpc) is 3.27. The molecule has 3 aromatic heterocycles. The molecule has 9 nitrogen and oxygen atoms in total. The fraction of sp³-hybridized carbons (Fsp3) is 0.0909. The molecule has 31 heavy (non-hydrogen) atoms. The van der Waals surface area contributed by atoms with Gasteiger partial charge in [0.2, 0.25) is 0 Å². The Balaban J connectivity index is 1.58. The molecule has 3 N–H and O–H groups in total. The maximum atomic E-state index is 6.11. The Morgan fingerprint density at radius 3 is 2.55 bits per heavy atom. The Morgan fingerprint density at radius 1 is 0.871 bits per heavy atom. The van der Waals surface area contributed by atoms with Crippen molar-refractivity contribution in [2.24, 2.45) is 0 Å². The van der Waals surface area contributed by atoms with Gasteiger partial charge < -0.3 is 20.5 Å². The molecule has 0 saturated carbocycles. The Kier molecular flexibility index (Phi) is 4.47. The maximum absolute atomic E-state index is 6.11. The summed E-state index contributed by atoms with van der Waals surface area (Å²) in [5, 5.41) is 8.29. The zero-order valence-electron chi connectivity index (χ0n) is 16.9. The summed E-state index contributed by atoms with van der Waals surface area (Å²) in [5.41, 5.74) is 10.9. The molecule has 0 aliphatic rings. The lowest BCUT2D eigenvalue weighted by Crippen LogP contribution is -2.00. The number of fused-ring (bicyclic) bond motifs is 2. The summed E-state index contributed by atoms with van der Waals surface area (Å²) < 4.78 is 12.6. The highest BCUT2D eigenvalue weighted by Gasteiger charge is 2.12. The zero-order valence-corrected chi connectivity index (χ0v) is 16.9. The highest BCUT2D eigenvalue weighted by molar-refractivity contribution is 5.95. The van der Waals surface area contributed by atoms with Crippen LogP contribution in [0.15, 0.2) is 61.3 Å². The van der Waals surface area contributed by atoms with Crippen LogP contribution in [0.5, 0.6) is 11.5 Å². The third-order valence-electron chi connectivity index (χ3n) is 5.05. The van der Waals surface area contributed by atoms with Crippen LogP contribution in [-0.4, -0.2) is 38.8 Å². The van der Waals surface area contributed by atoms with Crippen LogP contribution in [0.3, 0.4) is 0 Å². The van der Waals surface area contributed by atoms with Gasteiger partial charge in [0.15, 0.2) is 5.65 Å². The average molecular weight is 413 g/mol. The second kappa shape index (κ2) is 7.45. The lowest BCUT2D eigenvalue weighted by Gasteiger charge is -2.15. The fourth-order valence-electron chi connectivity index (χ4n) is 3.48. The molecule has 0 aliphatic carbocycles. The number of nitrogens with zero attached hydrogens (tertiary/aromatic N) is 5. The molecule has 5 rings (SSSR count). The van der Waals surface area contributed by atoms with Crippen molar-refractivity contribution < 1.29 is 9.47 Å². The number of hydrogen-bond acceptors (Lipinski definition) is 8. The van der Waals surface area contributed by atoms with Crippen molar-refractivity contribution in [1.29, 1.82) is 0 Å².